The Morgan fingerprint density at radius 2 is 1.90 bits per heavy atom. The summed E-state index contributed by atoms with van der Waals surface area (Å²) in [5.41, 5.74) is -0.976. The van der Waals surface area contributed by atoms with Gasteiger partial charge in [-0.2, -0.15) is 13.2 Å². The van der Waals surface area contributed by atoms with E-state index in [0.717, 1.165) is 5.56 Å². The summed E-state index contributed by atoms with van der Waals surface area (Å²) in [4.78, 5) is 28.0. The quantitative estimate of drug-likeness (QED) is 0.489. The van der Waals surface area contributed by atoms with Gasteiger partial charge in [0.15, 0.2) is 0 Å². The number of rotatable bonds is 3. The van der Waals surface area contributed by atoms with Crippen LogP contribution in [-0.4, -0.2) is 9.38 Å². The largest absolute Gasteiger partial charge is 0.487 e. The van der Waals surface area contributed by atoms with E-state index in [2.05, 4.69) is 4.98 Å². The van der Waals surface area contributed by atoms with Crippen LogP contribution in [0.3, 0.4) is 0 Å². The van der Waals surface area contributed by atoms with Crippen LogP contribution in [0.4, 0.5) is 13.2 Å². The maximum absolute atomic E-state index is 13.1. The first-order valence-electron chi connectivity index (χ1n) is 8.47. The lowest BCUT2D eigenvalue weighted by Crippen LogP contribution is -2.16. The third kappa shape index (κ3) is 3.71. The molecule has 3 heterocycles. The van der Waals surface area contributed by atoms with Gasteiger partial charge >= 0.3 is 11.8 Å². The van der Waals surface area contributed by atoms with E-state index in [-0.39, 0.29) is 28.9 Å². The van der Waals surface area contributed by atoms with Gasteiger partial charge in [0.2, 0.25) is 0 Å². The minimum absolute atomic E-state index is 0.0889. The Morgan fingerprint density at radius 1 is 1.10 bits per heavy atom. The normalized spacial score (nSPS) is 11.9. The van der Waals surface area contributed by atoms with Gasteiger partial charge in [-0.3, -0.25) is 9.20 Å². The van der Waals surface area contributed by atoms with Gasteiger partial charge < -0.3 is 9.15 Å². The first kappa shape index (κ1) is 18.7. The highest BCUT2D eigenvalue weighted by Gasteiger charge is 2.33. The molecule has 0 aliphatic rings. The lowest BCUT2D eigenvalue weighted by Gasteiger charge is -2.11. The number of fused-ring (bicyclic) bond motifs is 2. The molecule has 0 spiro atoms. The number of alkyl halides is 3. The van der Waals surface area contributed by atoms with Gasteiger partial charge in [-0.1, -0.05) is 0 Å². The number of aryl methyl sites for hydroxylation is 1. The van der Waals surface area contributed by atoms with Crippen LogP contribution < -0.4 is 15.9 Å². The molecule has 4 aromatic rings. The first-order chi connectivity index (χ1) is 13.7. The zero-order valence-corrected chi connectivity index (χ0v) is 15.0. The number of halogens is 3. The second-order valence-electron chi connectivity index (χ2n) is 6.44. The highest BCUT2D eigenvalue weighted by Crippen LogP contribution is 2.34. The molecule has 0 aliphatic heterocycles. The number of benzene rings is 1. The first-order valence-corrected chi connectivity index (χ1v) is 8.47. The molecule has 0 atom stereocenters. The van der Waals surface area contributed by atoms with Crippen LogP contribution in [0.5, 0.6) is 5.75 Å². The smallest absolute Gasteiger partial charge is 0.417 e. The van der Waals surface area contributed by atoms with Crippen molar-refractivity contribution in [2.75, 3.05) is 0 Å². The van der Waals surface area contributed by atoms with Crippen molar-refractivity contribution in [1.29, 1.82) is 0 Å². The van der Waals surface area contributed by atoms with Crippen LogP contribution in [0.25, 0.3) is 16.6 Å². The summed E-state index contributed by atoms with van der Waals surface area (Å²) in [7, 11) is 0. The Balaban J connectivity index is 1.66. The number of ether oxygens (including phenoxy) is 1. The fourth-order valence-electron chi connectivity index (χ4n) is 2.95. The van der Waals surface area contributed by atoms with Crippen molar-refractivity contribution in [2.24, 2.45) is 0 Å². The lowest BCUT2D eigenvalue weighted by atomic mass is 10.1. The Morgan fingerprint density at radius 3 is 2.66 bits per heavy atom. The molecule has 29 heavy (non-hydrogen) atoms. The zero-order chi connectivity index (χ0) is 20.8. The minimum Gasteiger partial charge on any atom is -0.487 e. The summed E-state index contributed by atoms with van der Waals surface area (Å²) in [6.45, 7) is 1.78. The Hall–Kier alpha value is -3.62. The number of aromatic nitrogens is 2. The van der Waals surface area contributed by atoms with E-state index in [1.54, 1.807) is 18.3 Å². The van der Waals surface area contributed by atoms with E-state index < -0.39 is 17.4 Å². The molecule has 4 rings (SSSR count). The summed E-state index contributed by atoms with van der Waals surface area (Å²) in [6.07, 6.45) is -3.07. The monoisotopic (exact) mass is 402 g/mol. The molecule has 0 radical (unpaired) electrons. The molecule has 6 nitrogen and oxygen atoms in total. The third-order valence-corrected chi connectivity index (χ3v) is 4.28. The molecule has 0 fully saturated rings. The van der Waals surface area contributed by atoms with Gasteiger partial charge in [-0.05, 0) is 36.8 Å². The molecule has 9 heteroatoms. The molecule has 0 saturated carbocycles. The Kier molecular flexibility index (Phi) is 4.37. The second kappa shape index (κ2) is 6.77. The average Bonchev–Trinajstić information content (AvgIpc) is 2.64. The molecule has 0 N–H and O–H groups in total. The molecule has 148 valence electrons. The third-order valence-electron chi connectivity index (χ3n) is 4.28. The van der Waals surface area contributed by atoms with E-state index >= 15 is 0 Å². The Labute approximate surface area is 160 Å². The molecule has 0 bridgehead atoms. The summed E-state index contributed by atoms with van der Waals surface area (Å²) in [5, 5.41) is -0.248. The predicted molar refractivity (Wildman–Crippen MR) is 98.0 cm³/mol. The summed E-state index contributed by atoms with van der Waals surface area (Å²) in [6, 6.07) is 8.95. The van der Waals surface area contributed by atoms with Crippen LogP contribution in [0, 0.1) is 6.92 Å². The van der Waals surface area contributed by atoms with Crippen LogP contribution in [-0.2, 0) is 12.8 Å². The second-order valence-corrected chi connectivity index (χ2v) is 6.44. The van der Waals surface area contributed by atoms with Crippen molar-refractivity contribution in [3.05, 3.63) is 86.3 Å². The van der Waals surface area contributed by atoms with Crippen molar-refractivity contribution < 1.29 is 22.3 Å². The van der Waals surface area contributed by atoms with Gasteiger partial charge in [-0.25, -0.2) is 9.78 Å². The summed E-state index contributed by atoms with van der Waals surface area (Å²) in [5.74, 6) is 0.172. The molecule has 1 aromatic carbocycles. The van der Waals surface area contributed by atoms with Gasteiger partial charge in [0.25, 0.3) is 5.56 Å². The van der Waals surface area contributed by atoms with Crippen LogP contribution in [0.2, 0.25) is 0 Å². The summed E-state index contributed by atoms with van der Waals surface area (Å²) < 4.78 is 51.1. The maximum Gasteiger partial charge on any atom is 0.417 e. The number of hydrogen-bond acceptors (Lipinski definition) is 5. The fourth-order valence-corrected chi connectivity index (χ4v) is 2.95. The minimum atomic E-state index is -4.69. The number of nitrogens with zero attached hydrogens (tertiary/aromatic N) is 2. The van der Waals surface area contributed by atoms with Gasteiger partial charge in [0, 0.05) is 29.8 Å². The fraction of sp³-hybridized carbons (Fsp3) is 0.150. The van der Waals surface area contributed by atoms with Crippen LogP contribution in [0.15, 0.2) is 62.7 Å². The molecule has 3 aromatic heterocycles. The number of pyridine rings is 1. The average molecular weight is 402 g/mol. The van der Waals surface area contributed by atoms with Crippen molar-refractivity contribution in [3.8, 4) is 5.75 Å². The van der Waals surface area contributed by atoms with E-state index in [0.29, 0.717) is 17.4 Å². The molecule has 0 aliphatic carbocycles. The van der Waals surface area contributed by atoms with E-state index in [1.807, 2.05) is 6.92 Å². The van der Waals surface area contributed by atoms with Gasteiger partial charge in [-0.15, -0.1) is 0 Å². The Bertz CT molecular complexity index is 1360. The molecule has 0 unspecified atom stereocenters. The summed E-state index contributed by atoms with van der Waals surface area (Å²) >= 11 is 0. The van der Waals surface area contributed by atoms with E-state index in [1.165, 1.54) is 28.7 Å². The van der Waals surface area contributed by atoms with Crippen molar-refractivity contribution >= 4 is 16.6 Å². The van der Waals surface area contributed by atoms with Gasteiger partial charge in [0.1, 0.15) is 23.6 Å². The zero-order valence-electron chi connectivity index (χ0n) is 15.0. The van der Waals surface area contributed by atoms with Crippen LogP contribution >= 0.6 is 0 Å². The highest BCUT2D eigenvalue weighted by molar-refractivity contribution is 5.82. The van der Waals surface area contributed by atoms with E-state index in [4.69, 9.17) is 9.15 Å². The predicted octanol–water partition coefficient (Wildman–Crippen LogP) is 3.71. The van der Waals surface area contributed by atoms with Crippen molar-refractivity contribution in [2.45, 2.75) is 19.7 Å². The lowest BCUT2D eigenvalue weighted by molar-refractivity contribution is -0.136. The van der Waals surface area contributed by atoms with Gasteiger partial charge in [0.05, 0.1) is 11.3 Å². The molecular formula is C20H13F3N2O4. The highest BCUT2D eigenvalue weighted by atomic mass is 19.4. The van der Waals surface area contributed by atoms with E-state index in [9.17, 15) is 22.8 Å². The maximum atomic E-state index is 13.1. The number of hydrogen-bond donors (Lipinski definition) is 0. The SMILES string of the molecule is Cc1ccn2c(=O)cc(COc3ccc4c(C(F)(F)F)cc(=O)oc4c3)nc2c1. The molecule has 0 amide bonds. The topological polar surface area (TPSA) is 73.8 Å². The van der Waals surface area contributed by atoms with Crippen LogP contribution in [0.1, 0.15) is 16.8 Å². The van der Waals surface area contributed by atoms with Crippen molar-refractivity contribution in [3.63, 3.8) is 0 Å². The molecular weight excluding hydrogens is 389 g/mol. The standard InChI is InChI=1S/C20H13F3N2O4/c1-11-4-5-25-17(6-11)24-12(7-18(25)26)10-28-13-2-3-14-15(20(21,22)23)9-19(27)29-16(14)8-13/h2-9H,10H2,1H3. The molecule has 0 saturated heterocycles. The van der Waals surface area contributed by atoms with Crippen molar-refractivity contribution in [1.82, 2.24) is 9.38 Å².